The fraction of sp³-hybridized carbons (Fsp3) is 0.297. The molecule has 0 heterocycles. The number of amides is 1. The van der Waals surface area contributed by atoms with Crippen molar-refractivity contribution in [3.05, 3.63) is 107 Å². The molecule has 0 spiro atoms. The summed E-state index contributed by atoms with van der Waals surface area (Å²) in [5.74, 6) is 0.740. The molecule has 2 N–H and O–H groups in total. The van der Waals surface area contributed by atoms with Crippen molar-refractivity contribution in [1.82, 2.24) is 10.3 Å². The predicted molar refractivity (Wildman–Crippen MR) is 179 cm³/mol. The maximum atomic E-state index is 13.5. The molecular weight excluding hydrogens is 534 g/mol. The van der Waals surface area contributed by atoms with Crippen LogP contribution in [0, 0.1) is 5.92 Å². The van der Waals surface area contributed by atoms with Gasteiger partial charge in [0.25, 0.3) is 5.91 Å². The second kappa shape index (κ2) is 17.4. The summed E-state index contributed by atoms with van der Waals surface area (Å²) in [7, 11) is 0. The highest BCUT2D eigenvalue weighted by Crippen LogP contribution is 2.28. The number of hydrogen-bond acceptors (Lipinski definition) is 5. The Labute approximate surface area is 256 Å². The van der Waals surface area contributed by atoms with Gasteiger partial charge >= 0.3 is 0 Å². The first-order valence-corrected chi connectivity index (χ1v) is 15.1. The number of aryl methyl sites for hydroxylation is 1. The number of phenols is 1. The Morgan fingerprint density at radius 1 is 1.12 bits per heavy atom. The highest BCUT2D eigenvalue weighted by Gasteiger charge is 2.16. The summed E-state index contributed by atoms with van der Waals surface area (Å²) in [5, 5.41) is 21.7. The van der Waals surface area contributed by atoms with Crippen LogP contribution in [-0.4, -0.2) is 35.5 Å². The predicted octanol–water partition coefficient (Wildman–Crippen LogP) is 6.78. The van der Waals surface area contributed by atoms with Crippen LogP contribution in [-0.2, 0) is 6.42 Å². The zero-order chi connectivity index (χ0) is 31.0. The SMILES string of the molecule is C=CN(COc1ccc(-c2cc(O)c(=C\CC)/c(=C\C=C/C)c2)cc1C(=O)NCCCc1ccccc1)/N=C\C(C)CC. The number of benzene rings is 3. The van der Waals surface area contributed by atoms with E-state index < -0.39 is 0 Å². The molecule has 3 aromatic rings. The maximum Gasteiger partial charge on any atom is 0.255 e. The Morgan fingerprint density at radius 3 is 2.60 bits per heavy atom. The minimum atomic E-state index is -0.223. The second-order valence-electron chi connectivity index (χ2n) is 10.4. The highest BCUT2D eigenvalue weighted by atomic mass is 16.5. The van der Waals surface area contributed by atoms with Crippen molar-refractivity contribution in [3.63, 3.8) is 0 Å². The lowest BCUT2D eigenvalue weighted by Gasteiger charge is -2.18. The van der Waals surface area contributed by atoms with Gasteiger partial charge in [0.05, 0.1) is 5.56 Å². The number of carbonyl (C=O) groups excluding carboxylic acids is 1. The monoisotopic (exact) mass is 579 g/mol. The van der Waals surface area contributed by atoms with Gasteiger partial charge in [-0.1, -0.05) is 88.1 Å². The minimum Gasteiger partial charge on any atom is -0.507 e. The molecule has 0 aliphatic heterocycles. The lowest BCUT2D eigenvalue weighted by atomic mass is 9.99. The van der Waals surface area contributed by atoms with E-state index in [0.717, 1.165) is 47.2 Å². The van der Waals surface area contributed by atoms with Gasteiger partial charge < -0.3 is 15.2 Å². The first-order valence-electron chi connectivity index (χ1n) is 15.1. The molecule has 6 nitrogen and oxygen atoms in total. The van der Waals surface area contributed by atoms with Crippen LogP contribution in [0.2, 0.25) is 0 Å². The van der Waals surface area contributed by atoms with Gasteiger partial charge in [0.2, 0.25) is 0 Å². The van der Waals surface area contributed by atoms with E-state index in [1.807, 2.05) is 80.8 Å². The number of ether oxygens (including phenoxy) is 1. The average Bonchev–Trinajstić information content (AvgIpc) is 3.03. The van der Waals surface area contributed by atoms with Gasteiger partial charge in [-0.2, -0.15) is 5.10 Å². The number of nitrogens with zero attached hydrogens (tertiary/aromatic N) is 2. The second-order valence-corrected chi connectivity index (χ2v) is 10.4. The fourth-order valence-corrected chi connectivity index (χ4v) is 4.41. The zero-order valence-corrected chi connectivity index (χ0v) is 25.9. The van der Waals surface area contributed by atoms with Crippen LogP contribution in [0.1, 0.15) is 62.9 Å². The van der Waals surface area contributed by atoms with Crippen LogP contribution in [0.5, 0.6) is 11.5 Å². The molecule has 0 aromatic heterocycles. The fourth-order valence-electron chi connectivity index (χ4n) is 4.41. The van der Waals surface area contributed by atoms with Crippen molar-refractivity contribution in [2.75, 3.05) is 13.3 Å². The topological polar surface area (TPSA) is 74.2 Å². The minimum absolute atomic E-state index is 0.106. The maximum absolute atomic E-state index is 13.5. The van der Waals surface area contributed by atoms with Crippen molar-refractivity contribution < 1.29 is 14.6 Å². The first-order chi connectivity index (χ1) is 20.9. The third kappa shape index (κ3) is 10.0. The first kappa shape index (κ1) is 32.9. The van der Waals surface area contributed by atoms with E-state index in [4.69, 9.17) is 4.74 Å². The van der Waals surface area contributed by atoms with Gasteiger partial charge in [-0.15, -0.1) is 0 Å². The number of hydrogen-bond donors (Lipinski definition) is 2. The average molecular weight is 580 g/mol. The normalized spacial score (nSPS) is 13.0. The van der Waals surface area contributed by atoms with Gasteiger partial charge in [0, 0.05) is 24.2 Å². The number of carbonyl (C=O) groups is 1. The molecule has 0 saturated heterocycles. The number of allylic oxidation sites excluding steroid dienone is 2. The summed E-state index contributed by atoms with van der Waals surface area (Å²) in [5.41, 5.74) is 3.25. The van der Waals surface area contributed by atoms with Gasteiger partial charge in [0.1, 0.15) is 11.5 Å². The molecule has 1 unspecified atom stereocenters. The van der Waals surface area contributed by atoms with Crippen molar-refractivity contribution >= 4 is 24.3 Å². The largest absolute Gasteiger partial charge is 0.507 e. The highest BCUT2D eigenvalue weighted by molar-refractivity contribution is 5.98. The van der Waals surface area contributed by atoms with Crippen LogP contribution in [0.4, 0.5) is 0 Å². The van der Waals surface area contributed by atoms with Crippen LogP contribution in [0.3, 0.4) is 0 Å². The van der Waals surface area contributed by atoms with Crippen LogP contribution in [0.15, 0.2) is 90.7 Å². The molecule has 0 saturated carbocycles. The Bertz CT molecular complexity index is 1530. The number of phenolic OH excluding ortho intramolecular Hbond substituents is 1. The molecule has 0 bridgehead atoms. The molecule has 3 rings (SSSR count). The molecule has 43 heavy (non-hydrogen) atoms. The Balaban J connectivity index is 1.93. The van der Waals surface area contributed by atoms with Gasteiger partial charge in [0.15, 0.2) is 6.73 Å². The summed E-state index contributed by atoms with van der Waals surface area (Å²) < 4.78 is 6.11. The molecular formula is C37H45N3O3. The van der Waals surface area contributed by atoms with Crippen molar-refractivity contribution in [3.8, 4) is 22.6 Å². The lowest BCUT2D eigenvalue weighted by molar-refractivity contribution is 0.0945. The quantitative estimate of drug-likeness (QED) is 0.0901. The molecule has 0 aliphatic rings. The third-order valence-electron chi connectivity index (χ3n) is 7.07. The van der Waals surface area contributed by atoms with E-state index in [1.54, 1.807) is 23.3 Å². The van der Waals surface area contributed by atoms with Crippen LogP contribution >= 0.6 is 0 Å². The van der Waals surface area contributed by atoms with Crippen LogP contribution in [0.25, 0.3) is 23.3 Å². The molecule has 0 aliphatic carbocycles. The Kier molecular flexibility index (Phi) is 13.3. The lowest BCUT2D eigenvalue weighted by Crippen LogP contribution is -2.26. The number of nitrogens with one attached hydrogen (secondary N) is 1. The molecule has 226 valence electrons. The van der Waals surface area contributed by atoms with E-state index in [2.05, 4.69) is 43.0 Å². The molecule has 0 radical (unpaired) electrons. The van der Waals surface area contributed by atoms with E-state index in [-0.39, 0.29) is 18.4 Å². The van der Waals surface area contributed by atoms with E-state index in [9.17, 15) is 9.90 Å². The van der Waals surface area contributed by atoms with Gasteiger partial charge in [-0.25, -0.2) is 5.01 Å². The number of hydrazone groups is 1. The summed E-state index contributed by atoms with van der Waals surface area (Å²) in [4.78, 5) is 13.5. The molecule has 0 fully saturated rings. The van der Waals surface area contributed by atoms with Gasteiger partial charge in [-0.05, 0) is 84.7 Å². The molecule has 6 heteroatoms. The third-order valence-corrected chi connectivity index (χ3v) is 7.07. The zero-order valence-electron chi connectivity index (χ0n) is 25.9. The standard InChI is InChI=1S/C37H45N3O3/c1-6-10-19-31-23-32(25-35(41)33(31)15-7-2)30-20-21-36(43-27-40(9-4)39-26-28(5)8-3)34(24-30)37(42)38-22-14-18-29-16-12-11-13-17-29/h6,9-13,15-17,19-21,23-26,28,41H,4,7-8,14,18,22,27H2,1-3,5H3,(H,38,42)/b10-6-,31-19-,33-15-,39-26-. The van der Waals surface area contributed by atoms with E-state index in [1.165, 1.54) is 5.56 Å². The smallest absolute Gasteiger partial charge is 0.255 e. The van der Waals surface area contributed by atoms with Gasteiger partial charge in [-0.3, -0.25) is 4.79 Å². The van der Waals surface area contributed by atoms with Crippen molar-refractivity contribution in [2.45, 2.75) is 53.4 Å². The summed E-state index contributed by atoms with van der Waals surface area (Å²) >= 11 is 0. The van der Waals surface area contributed by atoms with Crippen LogP contribution < -0.4 is 20.5 Å². The Morgan fingerprint density at radius 2 is 1.91 bits per heavy atom. The number of rotatable bonds is 15. The summed E-state index contributed by atoms with van der Waals surface area (Å²) in [6.45, 7) is 12.7. The summed E-state index contributed by atoms with van der Waals surface area (Å²) in [6, 6.07) is 19.5. The van der Waals surface area contributed by atoms with Crippen molar-refractivity contribution in [2.24, 2.45) is 11.0 Å². The van der Waals surface area contributed by atoms with Crippen molar-refractivity contribution in [1.29, 1.82) is 0 Å². The van der Waals surface area contributed by atoms with E-state index >= 15 is 0 Å². The summed E-state index contributed by atoms with van der Waals surface area (Å²) in [6.07, 6.45) is 14.8. The van der Waals surface area contributed by atoms with E-state index in [0.29, 0.717) is 23.8 Å². The molecule has 1 amide bonds. The molecule has 1 atom stereocenters. The number of aromatic hydroxyl groups is 1. The molecule has 3 aromatic carbocycles. The Hall–Kier alpha value is -4.58.